The van der Waals surface area contributed by atoms with Crippen molar-refractivity contribution in [2.45, 2.75) is 20.3 Å². The van der Waals surface area contributed by atoms with Gasteiger partial charge in [0.15, 0.2) is 0 Å². The summed E-state index contributed by atoms with van der Waals surface area (Å²) in [6, 6.07) is 3.58. The van der Waals surface area contributed by atoms with E-state index in [9.17, 15) is 4.79 Å². The quantitative estimate of drug-likeness (QED) is 0.628. The molecule has 17 heavy (non-hydrogen) atoms. The third kappa shape index (κ3) is 3.46. The molecule has 0 aliphatic heterocycles. The van der Waals surface area contributed by atoms with Gasteiger partial charge in [0.05, 0.1) is 13.7 Å². The summed E-state index contributed by atoms with van der Waals surface area (Å²) >= 11 is 0. The lowest BCUT2D eigenvalue weighted by Crippen LogP contribution is -2.09. The molecule has 0 bridgehead atoms. The number of methoxy groups -OCH3 is 1. The second-order valence-electron chi connectivity index (χ2n) is 3.85. The number of aliphatic hydroxyl groups excluding tert-OH is 1. The van der Waals surface area contributed by atoms with Gasteiger partial charge in [-0.2, -0.15) is 0 Å². The van der Waals surface area contributed by atoms with Gasteiger partial charge in [-0.25, -0.2) is 4.79 Å². The van der Waals surface area contributed by atoms with Crippen LogP contribution in [0.3, 0.4) is 0 Å². The zero-order valence-electron chi connectivity index (χ0n) is 10.4. The molecule has 0 fully saturated rings. The second-order valence-corrected chi connectivity index (χ2v) is 3.85. The fourth-order valence-corrected chi connectivity index (χ4v) is 1.43. The average Bonchev–Trinajstić information content (AvgIpc) is 2.32. The summed E-state index contributed by atoms with van der Waals surface area (Å²) in [4.78, 5) is 11.8. The number of esters is 1. The van der Waals surface area contributed by atoms with E-state index in [2.05, 4.69) is 0 Å². The van der Waals surface area contributed by atoms with E-state index in [4.69, 9.17) is 14.6 Å². The molecule has 0 amide bonds. The summed E-state index contributed by atoms with van der Waals surface area (Å²) in [7, 11) is 1.52. The maximum absolute atomic E-state index is 11.8. The van der Waals surface area contributed by atoms with Gasteiger partial charge in [-0.05, 0) is 37.1 Å². The molecule has 4 nitrogen and oxygen atoms in total. The van der Waals surface area contributed by atoms with Crippen molar-refractivity contribution in [3.05, 3.63) is 28.8 Å². The van der Waals surface area contributed by atoms with Crippen LogP contribution < -0.4 is 4.74 Å². The van der Waals surface area contributed by atoms with Gasteiger partial charge in [0.1, 0.15) is 11.3 Å². The minimum Gasteiger partial charge on any atom is -0.496 e. The van der Waals surface area contributed by atoms with E-state index >= 15 is 0 Å². The van der Waals surface area contributed by atoms with E-state index in [0.29, 0.717) is 17.7 Å². The highest BCUT2D eigenvalue weighted by Gasteiger charge is 2.15. The van der Waals surface area contributed by atoms with Crippen LogP contribution in [0.4, 0.5) is 0 Å². The van der Waals surface area contributed by atoms with Gasteiger partial charge in [0.25, 0.3) is 0 Å². The van der Waals surface area contributed by atoms with Crippen molar-refractivity contribution < 1.29 is 19.4 Å². The number of hydrogen-bond donors (Lipinski definition) is 1. The summed E-state index contributed by atoms with van der Waals surface area (Å²) in [5.74, 6) is 0.0977. The summed E-state index contributed by atoms with van der Waals surface area (Å²) in [6.45, 7) is 4.11. The maximum Gasteiger partial charge on any atom is 0.341 e. The zero-order chi connectivity index (χ0) is 12.8. The van der Waals surface area contributed by atoms with Gasteiger partial charge in [-0.3, -0.25) is 0 Å². The van der Waals surface area contributed by atoms with E-state index in [1.807, 2.05) is 19.9 Å². The van der Waals surface area contributed by atoms with Crippen molar-refractivity contribution in [3.63, 3.8) is 0 Å². The molecule has 1 aromatic rings. The fourth-order valence-electron chi connectivity index (χ4n) is 1.43. The van der Waals surface area contributed by atoms with Gasteiger partial charge in [0.2, 0.25) is 0 Å². The number of aryl methyl sites for hydroxylation is 2. The van der Waals surface area contributed by atoms with E-state index in [-0.39, 0.29) is 13.2 Å². The zero-order valence-corrected chi connectivity index (χ0v) is 10.4. The van der Waals surface area contributed by atoms with E-state index in [1.165, 1.54) is 7.11 Å². The Bertz CT molecular complexity index is 399. The van der Waals surface area contributed by atoms with Crippen LogP contribution >= 0.6 is 0 Å². The molecule has 0 atom stereocenters. The van der Waals surface area contributed by atoms with Gasteiger partial charge >= 0.3 is 5.97 Å². The van der Waals surface area contributed by atoms with Crippen molar-refractivity contribution in [1.82, 2.24) is 0 Å². The molecule has 0 saturated carbocycles. The molecule has 0 saturated heterocycles. The van der Waals surface area contributed by atoms with Gasteiger partial charge in [0, 0.05) is 13.0 Å². The Hall–Kier alpha value is -1.55. The number of carbonyl (C=O) groups excluding carboxylic acids is 1. The second kappa shape index (κ2) is 6.25. The van der Waals surface area contributed by atoms with Gasteiger partial charge in [-0.15, -0.1) is 0 Å². The van der Waals surface area contributed by atoms with Crippen molar-refractivity contribution in [2.24, 2.45) is 0 Å². The molecular weight excluding hydrogens is 220 g/mol. The third-order valence-electron chi connectivity index (χ3n) is 2.57. The van der Waals surface area contributed by atoms with E-state index < -0.39 is 5.97 Å². The van der Waals surface area contributed by atoms with E-state index in [0.717, 1.165) is 11.1 Å². The molecule has 4 heteroatoms. The first kappa shape index (κ1) is 13.5. The van der Waals surface area contributed by atoms with Gasteiger partial charge in [-0.1, -0.05) is 0 Å². The molecule has 0 radical (unpaired) electrons. The number of benzene rings is 1. The molecule has 0 aliphatic carbocycles. The SMILES string of the molecule is COc1cc(C)c(C)cc1C(=O)OCCCO. The van der Waals surface area contributed by atoms with Crippen LogP contribution in [0.5, 0.6) is 5.75 Å². The van der Waals surface area contributed by atoms with Crippen LogP contribution in [0, 0.1) is 13.8 Å². The van der Waals surface area contributed by atoms with Crippen LogP contribution in [0.1, 0.15) is 27.9 Å². The van der Waals surface area contributed by atoms with Crippen LogP contribution in [0.25, 0.3) is 0 Å². The highest BCUT2D eigenvalue weighted by atomic mass is 16.5. The van der Waals surface area contributed by atoms with Crippen molar-refractivity contribution in [3.8, 4) is 5.75 Å². The minimum absolute atomic E-state index is 0.0113. The first-order valence-electron chi connectivity index (χ1n) is 5.53. The Kier molecular flexibility index (Phi) is 4.97. The molecule has 1 aromatic carbocycles. The smallest absolute Gasteiger partial charge is 0.341 e. The molecule has 94 valence electrons. The largest absolute Gasteiger partial charge is 0.496 e. The minimum atomic E-state index is -0.418. The van der Waals surface area contributed by atoms with Crippen LogP contribution in [-0.4, -0.2) is 31.4 Å². The Morgan fingerprint density at radius 2 is 1.94 bits per heavy atom. The number of hydrogen-bond acceptors (Lipinski definition) is 4. The first-order valence-corrected chi connectivity index (χ1v) is 5.53. The average molecular weight is 238 g/mol. The summed E-state index contributed by atoms with van der Waals surface area (Å²) in [6.07, 6.45) is 0.443. The normalized spacial score (nSPS) is 10.1. The molecule has 0 spiro atoms. The standard InChI is InChI=1S/C13H18O4/c1-9-7-11(12(16-3)8-10(9)2)13(15)17-6-4-5-14/h7-8,14H,4-6H2,1-3H3. The highest BCUT2D eigenvalue weighted by molar-refractivity contribution is 5.93. The van der Waals surface area contributed by atoms with Gasteiger partial charge < -0.3 is 14.6 Å². The van der Waals surface area contributed by atoms with Crippen molar-refractivity contribution in [2.75, 3.05) is 20.3 Å². The monoisotopic (exact) mass is 238 g/mol. The fraction of sp³-hybridized carbons (Fsp3) is 0.462. The Labute approximate surface area is 101 Å². The molecule has 0 heterocycles. The predicted octanol–water partition coefficient (Wildman–Crippen LogP) is 1.85. The number of rotatable bonds is 5. The summed E-state index contributed by atoms with van der Waals surface area (Å²) in [5.41, 5.74) is 2.50. The molecular formula is C13H18O4. The summed E-state index contributed by atoms with van der Waals surface area (Å²) in [5, 5.41) is 8.61. The molecule has 0 unspecified atom stereocenters. The topological polar surface area (TPSA) is 55.8 Å². The lowest BCUT2D eigenvalue weighted by atomic mass is 10.1. The summed E-state index contributed by atoms with van der Waals surface area (Å²) < 4.78 is 10.2. The molecule has 1 N–H and O–H groups in total. The molecule has 0 aromatic heterocycles. The van der Waals surface area contributed by atoms with Crippen molar-refractivity contribution in [1.29, 1.82) is 0 Å². The number of carbonyl (C=O) groups is 1. The van der Waals surface area contributed by atoms with Crippen LogP contribution in [0.2, 0.25) is 0 Å². The third-order valence-corrected chi connectivity index (χ3v) is 2.57. The van der Waals surface area contributed by atoms with Crippen LogP contribution in [0.15, 0.2) is 12.1 Å². The maximum atomic E-state index is 11.8. The molecule has 0 aliphatic rings. The molecule has 1 rings (SSSR count). The number of ether oxygens (including phenoxy) is 2. The Balaban J connectivity index is 2.88. The van der Waals surface area contributed by atoms with Crippen molar-refractivity contribution >= 4 is 5.97 Å². The van der Waals surface area contributed by atoms with E-state index in [1.54, 1.807) is 6.07 Å². The Morgan fingerprint density at radius 3 is 2.53 bits per heavy atom. The predicted molar refractivity (Wildman–Crippen MR) is 64.5 cm³/mol. The number of aliphatic hydroxyl groups is 1. The van der Waals surface area contributed by atoms with Crippen LogP contribution in [-0.2, 0) is 4.74 Å². The first-order chi connectivity index (χ1) is 8.10. The highest BCUT2D eigenvalue weighted by Crippen LogP contribution is 2.23. The lowest BCUT2D eigenvalue weighted by molar-refractivity contribution is 0.0478. The Morgan fingerprint density at radius 1 is 1.29 bits per heavy atom. The lowest BCUT2D eigenvalue weighted by Gasteiger charge is -2.11.